The number of fused-ring (bicyclic) bond motifs is 1. The molecule has 2 aromatic rings. The van der Waals surface area contributed by atoms with Gasteiger partial charge in [-0.25, -0.2) is 12.7 Å². The van der Waals surface area contributed by atoms with Gasteiger partial charge in [0.25, 0.3) is 11.7 Å². The average molecular weight is 451 g/mol. The van der Waals surface area contributed by atoms with Crippen LogP contribution in [0.15, 0.2) is 41.3 Å². The maximum Gasteiger partial charge on any atom is 0.255 e. The fourth-order valence-electron chi connectivity index (χ4n) is 3.71. The fourth-order valence-corrected chi connectivity index (χ4v) is 5.10. The van der Waals surface area contributed by atoms with Gasteiger partial charge < -0.3 is 14.8 Å². The third-order valence-electron chi connectivity index (χ3n) is 5.36. The summed E-state index contributed by atoms with van der Waals surface area (Å²) in [5.74, 6) is 0.227. The molecule has 1 spiro atoms. The highest BCUT2D eigenvalue weighted by molar-refractivity contribution is 7.89. The number of sulfonamides is 1. The highest BCUT2D eigenvalue weighted by Crippen LogP contribution is 2.46. The minimum atomic E-state index is -3.78. The Morgan fingerprint density at radius 2 is 1.73 bits per heavy atom. The van der Waals surface area contributed by atoms with Gasteiger partial charge in [-0.1, -0.05) is 18.0 Å². The van der Waals surface area contributed by atoms with E-state index in [-0.39, 0.29) is 15.5 Å². The first-order valence-corrected chi connectivity index (χ1v) is 11.6. The van der Waals surface area contributed by atoms with Crippen LogP contribution >= 0.6 is 11.6 Å². The van der Waals surface area contributed by atoms with Crippen LogP contribution in [-0.2, 0) is 10.0 Å². The third-order valence-corrected chi connectivity index (χ3v) is 7.66. The van der Waals surface area contributed by atoms with Crippen molar-refractivity contribution >= 4 is 33.2 Å². The monoisotopic (exact) mass is 450 g/mol. The highest BCUT2D eigenvalue weighted by Gasteiger charge is 2.42. The molecule has 4 rings (SSSR count). The molecule has 1 aliphatic heterocycles. The Kier molecular flexibility index (Phi) is 5.42. The Morgan fingerprint density at radius 1 is 1.03 bits per heavy atom. The van der Waals surface area contributed by atoms with Crippen molar-refractivity contribution in [2.24, 2.45) is 0 Å². The molecule has 0 saturated heterocycles. The van der Waals surface area contributed by atoms with Gasteiger partial charge in [-0.2, -0.15) is 0 Å². The summed E-state index contributed by atoms with van der Waals surface area (Å²) in [5.41, 5.74) is 0.711. The number of carbonyl (C=O) groups is 1. The standard InChI is InChI=1S/C21H23ClN2O5S/c1-24(2)30(26,27)19-12-14(6-8-16(19)22)20(25)23-15-7-9-17-18(13-15)29-21(28-17)10-4-3-5-11-21/h6-9,12-13H,3-5,10-11H2,1-2H3,(H,23,25). The van der Waals surface area contributed by atoms with Crippen molar-refractivity contribution in [1.82, 2.24) is 4.31 Å². The van der Waals surface area contributed by atoms with E-state index in [0.717, 1.165) is 30.0 Å². The van der Waals surface area contributed by atoms with Crippen LogP contribution in [0, 0.1) is 0 Å². The Morgan fingerprint density at radius 3 is 2.43 bits per heavy atom. The molecule has 1 fully saturated rings. The molecule has 9 heteroatoms. The van der Waals surface area contributed by atoms with Crippen LogP contribution in [0.25, 0.3) is 0 Å². The molecule has 1 aliphatic carbocycles. The van der Waals surface area contributed by atoms with Crippen molar-refractivity contribution in [1.29, 1.82) is 0 Å². The Balaban J connectivity index is 1.54. The van der Waals surface area contributed by atoms with E-state index in [9.17, 15) is 13.2 Å². The van der Waals surface area contributed by atoms with Crippen LogP contribution in [0.1, 0.15) is 42.5 Å². The molecule has 1 saturated carbocycles. The molecule has 2 aliphatic rings. The first-order valence-electron chi connectivity index (χ1n) is 9.76. The molecular weight excluding hydrogens is 428 g/mol. The number of hydrogen-bond donors (Lipinski definition) is 1. The molecule has 0 atom stereocenters. The zero-order chi connectivity index (χ0) is 21.5. The van der Waals surface area contributed by atoms with Gasteiger partial charge in [0.15, 0.2) is 11.5 Å². The van der Waals surface area contributed by atoms with Crippen LogP contribution < -0.4 is 14.8 Å². The summed E-state index contributed by atoms with van der Waals surface area (Å²) >= 11 is 6.06. The number of benzene rings is 2. The van der Waals surface area contributed by atoms with E-state index >= 15 is 0 Å². The summed E-state index contributed by atoms with van der Waals surface area (Å²) in [6, 6.07) is 9.39. The van der Waals surface area contributed by atoms with Gasteiger partial charge >= 0.3 is 0 Å². The number of halogens is 1. The molecular formula is C21H23ClN2O5S. The second-order valence-corrected chi connectivity index (χ2v) is 10.3. The molecule has 30 heavy (non-hydrogen) atoms. The lowest BCUT2D eigenvalue weighted by Crippen LogP contribution is -2.40. The molecule has 0 radical (unpaired) electrons. The number of nitrogens with one attached hydrogen (secondary N) is 1. The second-order valence-electron chi connectivity index (χ2n) is 7.72. The summed E-state index contributed by atoms with van der Waals surface area (Å²) in [7, 11) is -0.962. The van der Waals surface area contributed by atoms with E-state index in [2.05, 4.69) is 5.32 Å². The number of hydrogen-bond acceptors (Lipinski definition) is 5. The Bertz CT molecular complexity index is 1090. The van der Waals surface area contributed by atoms with Gasteiger partial charge in [0.05, 0.1) is 5.02 Å². The summed E-state index contributed by atoms with van der Waals surface area (Å²) in [6.07, 6.45) is 4.99. The summed E-state index contributed by atoms with van der Waals surface area (Å²) < 4.78 is 38.1. The van der Waals surface area contributed by atoms with Crippen molar-refractivity contribution in [2.75, 3.05) is 19.4 Å². The van der Waals surface area contributed by atoms with E-state index < -0.39 is 21.7 Å². The maximum atomic E-state index is 12.7. The molecule has 7 nitrogen and oxygen atoms in total. The van der Waals surface area contributed by atoms with Crippen molar-refractivity contribution in [3.05, 3.63) is 47.0 Å². The van der Waals surface area contributed by atoms with Crippen molar-refractivity contribution in [3.8, 4) is 11.5 Å². The van der Waals surface area contributed by atoms with Crippen LogP contribution in [0.4, 0.5) is 5.69 Å². The topological polar surface area (TPSA) is 84.9 Å². The van der Waals surface area contributed by atoms with Crippen LogP contribution in [0.5, 0.6) is 11.5 Å². The lowest BCUT2D eigenvalue weighted by atomic mass is 9.94. The number of rotatable bonds is 4. The van der Waals surface area contributed by atoms with Gasteiger partial charge in [-0.05, 0) is 43.2 Å². The number of ether oxygens (including phenoxy) is 2. The largest absolute Gasteiger partial charge is 0.448 e. The third kappa shape index (κ3) is 3.87. The predicted molar refractivity (Wildman–Crippen MR) is 114 cm³/mol. The zero-order valence-electron chi connectivity index (χ0n) is 16.8. The van der Waals surface area contributed by atoms with Crippen molar-refractivity contribution < 1.29 is 22.7 Å². The minimum absolute atomic E-state index is 0.0566. The number of anilines is 1. The van der Waals surface area contributed by atoms with E-state index in [0.29, 0.717) is 17.2 Å². The Labute approximate surface area is 181 Å². The van der Waals surface area contributed by atoms with E-state index in [1.807, 2.05) is 0 Å². The summed E-state index contributed by atoms with van der Waals surface area (Å²) in [4.78, 5) is 12.6. The molecule has 1 N–H and O–H groups in total. The molecule has 0 aromatic heterocycles. The zero-order valence-corrected chi connectivity index (χ0v) is 18.3. The summed E-state index contributed by atoms with van der Waals surface area (Å²) in [5, 5.41) is 2.84. The van der Waals surface area contributed by atoms with Gasteiger partial charge in [0, 0.05) is 44.3 Å². The predicted octanol–water partition coefficient (Wildman–Crippen LogP) is 4.27. The van der Waals surface area contributed by atoms with Crippen LogP contribution in [0.2, 0.25) is 5.02 Å². The number of carbonyl (C=O) groups excluding carboxylic acids is 1. The quantitative estimate of drug-likeness (QED) is 0.751. The lowest BCUT2D eigenvalue weighted by molar-refractivity contribution is -0.105. The van der Waals surface area contributed by atoms with Crippen LogP contribution in [-0.4, -0.2) is 38.5 Å². The molecule has 1 heterocycles. The van der Waals surface area contributed by atoms with E-state index in [1.54, 1.807) is 18.2 Å². The Hall–Kier alpha value is -2.29. The second kappa shape index (κ2) is 7.76. The van der Waals surface area contributed by atoms with Gasteiger partial charge in [-0.15, -0.1) is 0 Å². The van der Waals surface area contributed by atoms with Gasteiger partial charge in [0.1, 0.15) is 4.90 Å². The number of amides is 1. The first kappa shape index (κ1) is 21.0. The summed E-state index contributed by atoms with van der Waals surface area (Å²) in [6.45, 7) is 0. The normalized spacial score (nSPS) is 17.3. The molecule has 1 amide bonds. The maximum absolute atomic E-state index is 12.7. The van der Waals surface area contributed by atoms with E-state index in [4.69, 9.17) is 21.1 Å². The molecule has 2 aromatic carbocycles. The minimum Gasteiger partial charge on any atom is -0.448 e. The molecule has 0 bridgehead atoms. The molecule has 0 unspecified atom stereocenters. The van der Waals surface area contributed by atoms with E-state index in [1.165, 1.54) is 38.7 Å². The number of nitrogens with zero attached hydrogens (tertiary/aromatic N) is 1. The van der Waals surface area contributed by atoms with Gasteiger partial charge in [-0.3, -0.25) is 4.79 Å². The lowest BCUT2D eigenvalue weighted by Gasteiger charge is -2.31. The van der Waals surface area contributed by atoms with Crippen LogP contribution in [0.3, 0.4) is 0 Å². The average Bonchev–Trinajstić information content (AvgIpc) is 3.04. The van der Waals surface area contributed by atoms with Crippen molar-refractivity contribution in [2.45, 2.75) is 42.8 Å². The van der Waals surface area contributed by atoms with Gasteiger partial charge in [0.2, 0.25) is 10.0 Å². The SMILES string of the molecule is CN(C)S(=O)(=O)c1cc(C(=O)Nc2ccc3c(c2)OC2(CCCCC2)O3)ccc1Cl. The molecule has 160 valence electrons. The van der Waals surface area contributed by atoms with Crippen molar-refractivity contribution in [3.63, 3.8) is 0 Å². The first-order chi connectivity index (χ1) is 14.2. The highest BCUT2D eigenvalue weighted by atomic mass is 35.5. The smallest absolute Gasteiger partial charge is 0.255 e. The fraction of sp³-hybridized carbons (Fsp3) is 0.381.